The van der Waals surface area contributed by atoms with E-state index in [2.05, 4.69) is 13.8 Å². The highest BCUT2D eigenvalue weighted by Crippen LogP contribution is 2.11. The first-order valence-electron chi connectivity index (χ1n) is 5.10. The fourth-order valence-corrected chi connectivity index (χ4v) is 1.68. The van der Waals surface area contributed by atoms with Crippen LogP contribution in [0.3, 0.4) is 0 Å². The third kappa shape index (κ3) is 2.69. The molecule has 1 aliphatic heterocycles. The average molecular weight is 200 g/mol. The second kappa shape index (κ2) is 5.32. The highest BCUT2D eigenvalue weighted by atomic mass is 16.5. The summed E-state index contributed by atoms with van der Waals surface area (Å²) in [5.74, 6) is 0.932. The smallest absolute Gasteiger partial charge is 0.126 e. The lowest BCUT2D eigenvalue weighted by molar-refractivity contribution is 0.0520. The predicted molar refractivity (Wildman–Crippen MR) is 55.8 cm³/mol. The van der Waals surface area contributed by atoms with Gasteiger partial charge in [-0.1, -0.05) is 13.8 Å². The first-order valence-corrected chi connectivity index (χ1v) is 5.10. The Labute approximate surface area is 85.7 Å². The molecule has 0 radical (unpaired) electrons. The van der Waals surface area contributed by atoms with Crippen molar-refractivity contribution in [2.24, 2.45) is 5.92 Å². The Morgan fingerprint density at radius 1 is 1.36 bits per heavy atom. The normalized spacial score (nSPS) is 19.9. The molecule has 0 amide bonds. The van der Waals surface area contributed by atoms with E-state index in [1.165, 1.54) is 0 Å². The van der Waals surface area contributed by atoms with Gasteiger partial charge in [0, 0.05) is 20.2 Å². The number of nitrogens with one attached hydrogen (secondary N) is 1. The number of amidine groups is 1. The maximum atomic E-state index is 8.02. The quantitative estimate of drug-likeness (QED) is 0.545. The zero-order valence-corrected chi connectivity index (χ0v) is 9.25. The van der Waals surface area contributed by atoms with E-state index in [0.717, 1.165) is 26.3 Å². The number of nitrogens with zero attached hydrogens (tertiary/aromatic N) is 1. The van der Waals surface area contributed by atoms with Crippen LogP contribution < -0.4 is 0 Å². The minimum atomic E-state index is -0.0897. The predicted octanol–water partition coefficient (Wildman–Crippen LogP) is 0.967. The molecule has 1 saturated heterocycles. The second-order valence-corrected chi connectivity index (χ2v) is 3.88. The molecule has 1 N–H and O–H groups in total. The molecule has 1 fully saturated rings. The van der Waals surface area contributed by atoms with E-state index < -0.39 is 0 Å². The molecule has 0 spiro atoms. The van der Waals surface area contributed by atoms with Gasteiger partial charge in [-0.3, -0.25) is 5.41 Å². The van der Waals surface area contributed by atoms with Gasteiger partial charge in [0.2, 0.25) is 0 Å². The molecule has 14 heavy (non-hydrogen) atoms. The van der Waals surface area contributed by atoms with Crippen LogP contribution in [0.25, 0.3) is 0 Å². The van der Waals surface area contributed by atoms with Gasteiger partial charge in [0.25, 0.3) is 0 Å². The number of methoxy groups -OCH3 is 1. The van der Waals surface area contributed by atoms with Gasteiger partial charge in [0.1, 0.15) is 11.9 Å². The van der Waals surface area contributed by atoms with Crippen molar-refractivity contribution in [1.29, 1.82) is 5.41 Å². The Bertz CT molecular complexity index is 189. The van der Waals surface area contributed by atoms with Crippen LogP contribution in [0.15, 0.2) is 0 Å². The maximum absolute atomic E-state index is 8.02. The van der Waals surface area contributed by atoms with E-state index in [9.17, 15) is 0 Å². The molecule has 0 bridgehead atoms. The van der Waals surface area contributed by atoms with E-state index in [1.807, 2.05) is 4.90 Å². The number of ether oxygens (including phenoxy) is 2. The molecule has 82 valence electrons. The van der Waals surface area contributed by atoms with E-state index >= 15 is 0 Å². The number of hydrogen-bond donors (Lipinski definition) is 1. The van der Waals surface area contributed by atoms with Gasteiger partial charge in [-0.15, -0.1) is 0 Å². The van der Waals surface area contributed by atoms with Crippen molar-refractivity contribution in [3.8, 4) is 0 Å². The van der Waals surface area contributed by atoms with Crippen molar-refractivity contribution in [2.45, 2.75) is 20.0 Å². The van der Waals surface area contributed by atoms with Crippen molar-refractivity contribution in [2.75, 3.05) is 33.4 Å². The highest BCUT2D eigenvalue weighted by molar-refractivity contribution is 5.84. The van der Waals surface area contributed by atoms with Crippen molar-refractivity contribution in [1.82, 2.24) is 4.90 Å². The molecule has 0 aliphatic carbocycles. The Morgan fingerprint density at radius 2 is 1.93 bits per heavy atom. The molecular formula is C10H20N2O2. The van der Waals surface area contributed by atoms with Gasteiger partial charge >= 0.3 is 0 Å². The van der Waals surface area contributed by atoms with Crippen LogP contribution in [0.1, 0.15) is 13.8 Å². The highest BCUT2D eigenvalue weighted by Gasteiger charge is 2.24. The SMILES string of the molecule is COC(C(=N)N1CCOCC1)C(C)C. The van der Waals surface area contributed by atoms with Crippen LogP contribution in [0.5, 0.6) is 0 Å². The van der Waals surface area contributed by atoms with Crippen LogP contribution in [0.4, 0.5) is 0 Å². The molecule has 0 aromatic carbocycles. The summed E-state index contributed by atoms with van der Waals surface area (Å²) in [6.45, 7) is 7.21. The lowest BCUT2D eigenvalue weighted by Crippen LogP contribution is -2.47. The molecular weight excluding hydrogens is 180 g/mol. The average Bonchev–Trinajstić information content (AvgIpc) is 2.19. The third-order valence-corrected chi connectivity index (χ3v) is 2.48. The number of hydrogen-bond acceptors (Lipinski definition) is 3. The van der Waals surface area contributed by atoms with Crippen LogP contribution >= 0.6 is 0 Å². The maximum Gasteiger partial charge on any atom is 0.126 e. The summed E-state index contributed by atoms with van der Waals surface area (Å²) in [6, 6.07) is 0. The molecule has 1 atom stereocenters. The summed E-state index contributed by atoms with van der Waals surface area (Å²) in [5.41, 5.74) is 0. The zero-order chi connectivity index (χ0) is 10.6. The van der Waals surface area contributed by atoms with Gasteiger partial charge in [-0.25, -0.2) is 0 Å². The van der Waals surface area contributed by atoms with Crippen LogP contribution in [-0.4, -0.2) is 50.3 Å². The minimum Gasteiger partial charge on any atom is -0.378 e. The monoisotopic (exact) mass is 200 g/mol. The lowest BCUT2D eigenvalue weighted by atomic mass is 10.1. The molecule has 1 heterocycles. The first kappa shape index (κ1) is 11.5. The Kier molecular flexibility index (Phi) is 4.35. The van der Waals surface area contributed by atoms with Crippen molar-refractivity contribution in [3.05, 3.63) is 0 Å². The molecule has 1 rings (SSSR count). The van der Waals surface area contributed by atoms with E-state index in [0.29, 0.717) is 11.8 Å². The summed E-state index contributed by atoms with van der Waals surface area (Å²) >= 11 is 0. The fourth-order valence-electron chi connectivity index (χ4n) is 1.68. The van der Waals surface area contributed by atoms with Gasteiger partial charge in [0.15, 0.2) is 0 Å². The zero-order valence-electron chi connectivity index (χ0n) is 9.25. The Morgan fingerprint density at radius 3 is 2.36 bits per heavy atom. The van der Waals surface area contributed by atoms with Gasteiger partial charge in [-0.2, -0.15) is 0 Å². The van der Waals surface area contributed by atoms with Gasteiger partial charge in [0.05, 0.1) is 13.2 Å². The van der Waals surface area contributed by atoms with Crippen LogP contribution in [0.2, 0.25) is 0 Å². The molecule has 0 saturated carbocycles. The standard InChI is InChI=1S/C10H20N2O2/c1-8(2)9(13-3)10(11)12-4-6-14-7-5-12/h8-9,11H,4-7H2,1-3H3. The van der Waals surface area contributed by atoms with Crippen molar-refractivity contribution in [3.63, 3.8) is 0 Å². The largest absolute Gasteiger partial charge is 0.378 e. The summed E-state index contributed by atoms with van der Waals surface area (Å²) in [5, 5.41) is 8.02. The fraction of sp³-hybridized carbons (Fsp3) is 0.900. The van der Waals surface area contributed by atoms with E-state index in [1.54, 1.807) is 7.11 Å². The summed E-state index contributed by atoms with van der Waals surface area (Å²) in [4.78, 5) is 2.04. The molecule has 4 heteroatoms. The molecule has 4 nitrogen and oxygen atoms in total. The molecule has 1 unspecified atom stereocenters. The molecule has 1 aliphatic rings. The minimum absolute atomic E-state index is 0.0897. The summed E-state index contributed by atoms with van der Waals surface area (Å²) in [7, 11) is 1.67. The number of rotatable bonds is 3. The molecule has 0 aromatic heterocycles. The Hall–Kier alpha value is -0.610. The van der Waals surface area contributed by atoms with Gasteiger partial charge < -0.3 is 14.4 Å². The third-order valence-electron chi connectivity index (χ3n) is 2.48. The number of morpholine rings is 1. The Balaban J connectivity index is 2.52. The summed E-state index contributed by atoms with van der Waals surface area (Å²) in [6.07, 6.45) is -0.0897. The van der Waals surface area contributed by atoms with Gasteiger partial charge in [-0.05, 0) is 5.92 Å². The van der Waals surface area contributed by atoms with Crippen LogP contribution in [-0.2, 0) is 9.47 Å². The van der Waals surface area contributed by atoms with Crippen molar-refractivity contribution < 1.29 is 9.47 Å². The van der Waals surface area contributed by atoms with E-state index in [4.69, 9.17) is 14.9 Å². The van der Waals surface area contributed by atoms with E-state index in [-0.39, 0.29) is 6.10 Å². The van der Waals surface area contributed by atoms with Crippen molar-refractivity contribution >= 4 is 5.84 Å². The lowest BCUT2D eigenvalue weighted by Gasteiger charge is -2.33. The molecule has 0 aromatic rings. The second-order valence-electron chi connectivity index (χ2n) is 3.88. The summed E-state index contributed by atoms with van der Waals surface area (Å²) < 4.78 is 10.6. The van der Waals surface area contributed by atoms with Crippen LogP contribution in [0, 0.1) is 11.3 Å². The first-order chi connectivity index (χ1) is 6.66. The topological polar surface area (TPSA) is 45.5 Å².